The molecule has 0 atom stereocenters. The van der Waals surface area contributed by atoms with Crippen molar-refractivity contribution in [2.45, 2.75) is 18.9 Å². The first-order valence-electron chi connectivity index (χ1n) is 6.08. The summed E-state index contributed by atoms with van der Waals surface area (Å²) in [7, 11) is 2.13. The molecule has 0 spiro atoms. The lowest BCUT2D eigenvalue weighted by molar-refractivity contribution is 0.442. The van der Waals surface area contributed by atoms with Gasteiger partial charge in [0, 0.05) is 19.3 Å². The number of nitrogens with one attached hydrogen (secondary N) is 2. The summed E-state index contributed by atoms with van der Waals surface area (Å²) in [4.78, 5) is 14.1. The Labute approximate surface area is 100 Å². The molecule has 0 saturated carbocycles. The van der Waals surface area contributed by atoms with Gasteiger partial charge in [-0.3, -0.25) is 0 Å². The van der Waals surface area contributed by atoms with E-state index in [1.54, 1.807) is 6.33 Å². The molecule has 0 radical (unpaired) electrons. The van der Waals surface area contributed by atoms with E-state index in [1.165, 1.54) is 12.8 Å². The second-order valence-electron chi connectivity index (χ2n) is 4.53. The lowest BCUT2D eigenvalue weighted by Gasteiger charge is -2.32. The van der Waals surface area contributed by atoms with E-state index in [0.29, 0.717) is 6.04 Å². The predicted octanol–water partition coefficient (Wildman–Crippen LogP) is 1.15. The van der Waals surface area contributed by atoms with Gasteiger partial charge in [0.05, 0.1) is 5.39 Å². The van der Waals surface area contributed by atoms with E-state index in [1.807, 2.05) is 12.3 Å². The molecule has 3 rings (SSSR count). The fourth-order valence-corrected chi connectivity index (χ4v) is 2.51. The molecule has 90 valence electrons. The molecule has 2 N–H and O–H groups in total. The van der Waals surface area contributed by atoms with Crippen LogP contribution < -0.4 is 10.2 Å². The highest BCUT2D eigenvalue weighted by Crippen LogP contribution is 2.24. The molecule has 3 heterocycles. The monoisotopic (exact) mass is 231 g/mol. The Balaban J connectivity index is 1.94. The molecule has 2 aromatic rings. The second kappa shape index (κ2) is 4.33. The van der Waals surface area contributed by atoms with Crippen molar-refractivity contribution in [2.75, 3.05) is 25.0 Å². The largest absolute Gasteiger partial charge is 0.356 e. The summed E-state index contributed by atoms with van der Waals surface area (Å²) in [5.41, 5.74) is 0.913. The van der Waals surface area contributed by atoms with Crippen molar-refractivity contribution in [1.29, 1.82) is 0 Å². The van der Waals surface area contributed by atoms with Gasteiger partial charge in [0.1, 0.15) is 17.8 Å². The van der Waals surface area contributed by atoms with E-state index in [2.05, 4.69) is 32.2 Å². The Hall–Kier alpha value is -1.62. The van der Waals surface area contributed by atoms with Crippen molar-refractivity contribution in [3.63, 3.8) is 0 Å². The highest BCUT2D eigenvalue weighted by Gasteiger charge is 2.20. The van der Waals surface area contributed by atoms with Crippen LogP contribution in [-0.2, 0) is 0 Å². The Morgan fingerprint density at radius 1 is 1.29 bits per heavy atom. The molecular weight excluding hydrogens is 214 g/mol. The van der Waals surface area contributed by atoms with Crippen LogP contribution >= 0.6 is 0 Å². The molecule has 2 aromatic heterocycles. The van der Waals surface area contributed by atoms with Crippen molar-refractivity contribution in [2.24, 2.45) is 0 Å². The third-order valence-electron chi connectivity index (χ3n) is 3.52. The lowest BCUT2D eigenvalue weighted by Crippen LogP contribution is -2.41. The van der Waals surface area contributed by atoms with Crippen molar-refractivity contribution >= 4 is 16.9 Å². The van der Waals surface area contributed by atoms with Crippen LogP contribution in [0.5, 0.6) is 0 Å². The molecule has 0 aromatic carbocycles. The van der Waals surface area contributed by atoms with Gasteiger partial charge in [0.2, 0.25) is 0 Å². The summed E-state index contributed by atoms with van der Waals surface area (Å²) in [6, 6.07) is 2.62. The standard InChI is InChI=1S/C12H17N5/c1-17(9-2-5-13-6-3-9)12-10-4-7-14-11(10)15-8-16-12/h4,7-9,13H,2-3,5-6H2,1H3,(H,14,15,16). The van der Waals surface area contributed by atoms with Crippen LogP contribution in [0.1, 0.15) is 12.8 Å². The van der Waals surface area contributed by atoms with Gasteiger partial charge in [-0.05, 0) is 32.0 Å². The normalized spacial score (nSPS) is 17.5. The Kier molecular flexibility index (Phi) is 2.68. The number of aromatic amines is 1. The zero-order valence-corrected chi connectivity index (χ0v) is 9.98. The molecule has 1 saturated heterocycles. The first kappa shape index (κ1) is 10.5. The van der Waals surface area contributed by atoms with Gasteiger partial charge in [-0.25, -0.2) is 9.97 Å². The van der Waals surface area contributed by atoms with Crippen molar-refractivity contribution in [3.8, 4) is 0 Å². The van der Waals surface area contributed by atoms with Crippen molar-refractivity contribution in [3.05, 3.63) is 18.6 Å². The number of aromatic nitrogens is 3. The van der Waals surface area contributed by atoms with E-state index >= 15 is 0 Å². The zero-order valence-electron chi connectivity index (χ0n) is 9.98. The minimum Gasteiger partial charge on any atom is -0.356 e. The summed E-state index contributed by atoms with van der Waals surface area (Å²) < 4.78 is 0. The molecule has 0 unspecified atom stereocenters. The quantitative estimate of drug-likeness (QED) is 0.814. The number of hydrogen-bond donors (Lipinski definition) is 2. The number of anilines is 1. The topological polar surface area (TPSA) is 56.8 Å². The minimum absolute atomic E-state index is 0.573. The van der Waals surface area contributed by atoms with Crippen molar-refractivity contribution in [1.82, 2.24) is 20.3 Å². The van der Waals surface area contributed by atoms with E-state index in [-0.39, 0.29) is 0 Å². The van der Waals surface area contributed by atoms with E-state index < -0.39 is 0 Å². The molecule has 5 nitrogen and oxygen atoms in total. The molecular formula is C12H17N5. The predicted molar refractivity (Wildman–Crippen MR) is 68.2 cm³/mol. The van der Waals surface area contributed by atoms with Gasteiger partial charge in [-0.15, -0.1) is 0 Å². The zero-order chi connectivity index (χ0) is 11.7. The van der Waals surface area contributed by atoms with Gasteiger partial charge < -0.3 is 15.2 Å². The van der Waals surface area contributed by atoms with Crippen LogP contribution in [0.4, 0.5) is 5.82 Å². The molecule has 1 aliphatic rings. The highest BCUT2D eigenvalue weighted by atomic mass is 15.2. The fourth-order valence-electron chi connectivity index (χ4n) is 2.51. The average Bonchev–Trinajstić information content (AvgIpc) is 2.87. The Morgan fingerprint density at radius 3 is 2.94 bits per heavy atom. The van der Waals surface area contributed by atoms with E-state index in [0.717, 1.165) is 29.9 Å². The molecule has 1 fully saturated rings. The minimum atomic E-state index is 0.573. The summed E-state index contributed by atoms with van der Waals surface area (Å²) in [5.74, 6) is 1.03. The van der Waals surface area contributed by atoms with Gasteiger partial charge in [-0.2, -0.15) is 0 Å². The van der Waals surface area contributed by atoms with Crippen LogP contribution in [0, 0.1) is 0 Å². The van der Waals surface area contributed by atoms with Gasteiger partial charge in [0.15, 0.2) is 0 Å². The first-order chi connectivity index (χ1) is 8.36. The van der Waals surface area contributed by atoms with Gasteiger partial charge >= 0.3 is 0 Å². The number of H-pyrrole nitrogens is 1. The Bertz CT molecular complexity index is 500. The van der Waals surface area contributed by atoms with E-state index in [9.17, 15) is 0 Å². The van der Waals surface area contributed by atoms with Crippen LogP contribution in [0.25, 0.3) is 11.0 Å². The molecule has 0 amide bonds. The summed E-state index contributed by atoms with van der Waals surface area (Å²) in [6.45, 7) is 2.19. The van der Waals surface area contributed by atoms with Gasteiger partial charge in [0.25, 0.3) is 0 Å². The maximum atomic E-state index is 4.43. The highest BCUT2D eigenvalue weighted by molar-refractivity contribution is 5.87. The maximum absolute atomic E-state index is 4.43. The smallest absolute Gasteiger partial charge is 0.142 e. The first-order valence-corrected chi connectivity index (χ1v) is 6.08. The molecule has 0 bridgehead atoms. The van der Waals surface area contributed by atoms with Crippen molar-refractivity contribution < 1.29 is 0 Å². The Morgan fingerprint density at radius 2 is 2.12 bits per heavy atom. The molecule has 0 aliphatic carbocycles. The van der Waals surface area contributed by atoms with Crippen LogP contribution in [0.15, 0.2) is 18.6 Å². The number of piperidine rings is 1. The number of hydrogen-bond acceptors (Lipinski definition) is 4. The van der Waals surface area contributed by atoms with Crippen LogP contribution in [-0.4, -0.2) is 41.1 Å². The number of nitrogens with zero attached hydrogens (tertiary/aromatic N) is 3. The van der Waals surface area contributed by atoms with Crippen LogP contribution in [0.3, 0.4) is 0 Å². The summed E-state index contributed by atoms with van der Waals surface area (Å²) in [5, 5.41) is 4.49. The molecule has 5 heteroatoms. The van der Waals surface area contributed by atoms with Crippen LogP contribution in [0.2, 0.25) is 0 Å². The fraction of sp³-hybridized carbons (Fsp3) is 0.500. The second-order valence-corrected chi connectivity index (χ2v) is 4.53. The molecule has 1 aliphatic heterocycles. The SMILES string of the molecule is CN(c1ncnc2[nH]ccc12)C1CCNCC1. The summed E-state index contributed by atoms with van der Waals surface area (Å²) in [6.07, 6.45) is 5.89. The average molecular weight is 231 g/mol. The third-order valence-corrected chi connectivity index (χ3v) is 3.52. The summed E-state index contributed by atoms with van der Waals surface area (Å²) >= 11 is 0. The van der Waals surface area contributed by atoms with E-state index in [4.69, 9.17) is 0 Å². The van der Waals surface area contributed by atoms with Gasteiger partial charge in [-0.1, -0.05) is 0 Å². The lowest BCUT2D eigenvalue weighted by atomic mass is 10.1. The third kappa shape index (κ3) is 1.86. The maximum Gasteiger partial charge on any atom is 0.142 e. The molecule has 17 heavy (non-hydrogen) atoms. The number of rotatable bonds is 2. The number of fused-ring (bicyclic) bond motifs is 1.